The van der Waals surface area contributed by atoms with Crippen molar-refractivity contribution in [2.45, 2.75) is 46.3 Å². The Kier molecular flexibility index (Phi) is 3.22. The summed E-state index contributed by atoms with van der Waals surface area (Å²) in [5.74, 6) is 0. The molecule has 0 bridgehead atoms. The second-order valence-electron chi connectivity index (χ2n) is 4.95. The molecular weight excluding hydrogens is 186 g/mol. The Hall–Kier alpha value is -0.860. The molecule has 2 nitrogen and oxygen atoms in total. The standard InChI is InChI=1S/C13H21NO/c1-8-6-7-11(10(3)9(8)2)12(15)13(4,5)14/h6-7,12,15H,14H2,1-5H3. The molecule has 1 rings (SSSR count). The molecule has 0 spiro atoms. The van der Waals surface area contributed by atoms with Crippen LogP contribution in [0.5, 0.6) is 0 Å². The van der Waals surface area contributed by atoms with Crippen molar-refractivity contribution in [2.75, 3.05) is 0 Å². The van der Waals surface area contributed by atoms with E-state index in [9.17, 15) is 5.11 Å². The first-order valence-corrected chi connectivity index (χ1v) is 5.28. The number of benzene rings is 1. The third kappa shape index (κ3) is 2.39. The van der Waals surface area contributed by atoms with E-state index in [1.807, 2.05) is 32.9 Å². The van der Waals surface area contributed by atoms with Gasteiger partial charge in [-0.2, -0.15) is 0 Å². The fourth-order valence-corrected chi connectivity index (χ4v) is 1.67. The predicted molar refractivity (Wildman–Crippen MR) is 63.9 cm³/mol. The van der Waals surface area contributed by atoms with Gasteiger partial charge in [-0.15, -0.1) is 0 Å². The second kappa shape index (κ2) is 3.95. The van der Waals surface area contributed by atoms with Gasteiger partial charge in [0.05, 0.1) is 6.10 Å². The summed E-state index contributed by atoms with van der Waals surface area (Å²) in [4.78, 5) is 0. The van der Waals surface area contributed by atoms with Crippen LogP contribution in [0.15, 0.2) is 12.1 Å². The van der Waals surface area contributed by atoms with Gasteiger partial charge >= 0.3 is 0 Å². The average molecular weight is 207 g/mol. The molecule has 0 aliphatic rings. The molecule has 0 aliphatic carbocycles. The first kappa shape index (κ1) is 12.2. The highest BCUT2D eigenvalue weighted by atomic mass is 16.3. The van der Waals surface area contributed by atoms with Gasteiger partial charge in [-0.05, 0) is 56.9 Å². The monoisotopic (exact) mass is 207 g/mol. The van der Waals surface area contributed by atoms with E-state index in [-0.39, 0.29) is 0 Å². The van der Waals surface area contributed by atoms with Crippen LogP contribution in [0.1, 0.15) is 42.2 Å². The maximum atomic E-state index is 10.1. The van der Waals surface area contributed by atoms with E-state index < -0.39 is 11.6 Å². The Morgan fingerprint density at radius 3 is 2.13 bits per heavy atom. The van der Waals surface area contributed by atoms with Crippen LogP contribution in [-0.2, 0) is 0 Å². The van der Waals surface area contributed by atoms with Crippen LogP contribution in [0, 0.1) is 20.8 Å². The summed E-state index contributed by atoms with van der Waals surface area (Å²) in [6.07, 6.45) is -0.614. The van der Waals surface area contributed by atoms with Gasteiger partial charge in [0.25, 0.3) is 0 Å². The molecule has 0 heterocycles. The summed E-state index contributed by atoms with van der Waals surface area (Å²) in [6, 6.07) is 4.00. The van der Waals surface area contributed by atoms with E-state index >= 15 is 0 Å². The number of hydrogen-bond donors (Lipinski definition) is 2. The molecule has 84 valence electrons. The van der Waals surface area contributed by atoms with E-state index in [4.69, 9.17) is 5.73 Å². The largest absolute Gasteiger partial charge is 0.386 e. The minimum absolute atomic E-state index is 0.605. The van der Waals surface area contributed by atoms with Gasteiger partial charge in [0.1, 0.15) is 0 Å². The van der Waals surface area contributed by atoms with Crippen LogP contribution in [0.4, 0.5) is 0 Å². The molecule has 1 unspecified atom stereocenters. The van der Waals surface area contributed by atoms with Gasteiger partial charge < -0.3 is 10.8 Å². The molecule has 0 saturated carbocycles. The van der Waals surface area contributed by atoms with E-state index in [0.29, 0.717) is 0 Å². The first-order chi connectivity index (χ1) is 6.75. The lowest BCUT2D eigenvalue weighted by Crippen LogP contribution is -2.39. The van der Waals surface area contributed by atoms with Crippen LogP contribution < -0.4 is 5.73 Å². The number of aliphatic hydroxyl groups is 1. The quantitative estimate of drug-likeness (QED) is 0.782. The number of aryl methyl sites for hydroxylation is 1. The van der Waals surface area contributed by atoms with E-state index in [0.717, 1.165) is 11.1 Å². The third-order valence-electron chi connectivity index (χ3n) is 3.10. The van der Waals surface area contributed by atoms with Gasteiger partial charge in [-0.1, -0.05) is 12.1 Å². The van der Waals surface area contributed by atoms with E-state index in [2.05, 4.69) is 13.8 Å². The zero-order valence-corrected chi connectivity index (χ0v) is 10.3. The lowest BCUT2D eigenvalue weighted by Gasteiger charge is -2.28. The van der Waals surface area contributed by atoms with Crippen LogP contribution in [0.2, 0.25) is 0 Å². The fourth-order valence-electron chi connectivity index (χ4n) is 1.67. The fraction of sp³-hybridized carbons (Fsp3) is 0.538. The maximum absolute atomic E-state index is 10.1. The number of aliphatic hydroxyl groups excluding tert-OH is 1. The minimum atomic E-state index is -0.614. The summed E-state index contributed by atoms with van der Waals surface area (Å²) in [5, 5.41) is 10.1. The lowest BCUT2D eigenvalue weighted by molar-refractivity contribution is 0.104. The highest BCUT2D eigenvalue weighted by Crippen LogP contribution is 2.28. The Labute approximate surface area is 92.1 Å². The van der Waals surface area contributed by atoms with Crippen molar-refractivity contribution in [2.24, 2.45) is 5.73 Å². The third-order valence-corrected chi connectivity index (χ3v) is 3.10. The van der Waals surface area contributed by atoms with E-state index in [1.54, 1.807) is 0 Å². The molecule has 0 saturated heterocycles. The Morgan fingerprint density at radius 2 is 1.67 bits per heavy atom. The van der Waals surface area contributed by atoms with Gasteiger partial charge in [-0.25, -0.2) is 0 Å². The molecule has 2 heteroatoms. The molecule has 15 heavy (non-hydrogen) atoms. The summed E-state index contributed by atoms with van der Waals surface area (Å²) < 4.78 is 0. The highest BCUT2D eigenvalue weighted by molar-refractivity contribution is 5.40. The van der Waals surface area contributed by atoms with Crippen molar-refractivity contribution in [1.82, 2.24) is 0 Å². The van der Waals surface area contributed by atoms with Gasteiger partial charge in [0.2, 0.25) is 0 Å². The lowest BCUT2D eigenvalue weighted by atomic mass is 9.87. The normalized spacial score (nSPS) is 14.1. The zero-order valence-electron chi connectivity index (χ0n) is 10.3. The molecule has 0 aliphatic heterocycles. The van der Waals surface area contributed by atoms with Gasteiger partial charge in [0.15, 0.2) is 0 Å². The van der Waals surface area contributed by atoms with Crippen LogP contribution in [0.3, 0.4) is 0 Å². The SMILES string of the molecule is Cc1ccc(C(O)C(C)(C)N)c(C)c1C. The summed E-state index contributed by atoms with van der Waals surface area (Å²) in [6.45, 7) is 9.86. The Morgan fingerprint density at radius 1 is 1.13 bits per heavy atom. The number of rotatable bonds is 2. The summed E-state index contributed by atoms with van der Waals surface area (Å²) in [5.41, 5.74) is 9.87. The maximum Gasteiger partial charge on any atom is 0.0966 e. The van der Waals surface area contributed by atoms with Crippen LogP contribution in [0.25, 0.3) is 0 Å². The van der Waals surface area contributed by atoms with Crippen molar-refractivity contribution in [1.29, 1.82) is 0 Å². The van der Waals surface area contributed by atoms with Crippen molar-refractivity contribution < 1.29 is 5.11 Å². The highest BCUT2D eigenvalue weighted by Gasteiger charge is 2.26. The predicted octanol–water partition coefficient (Wildman–Crippen LogP) is 2.38. The topological polar surface area (TPSA) is 46.2 Å². The van der Waals surface area contributed by atoms with Crippen molar-refractivity contribution in [3.8, 4) is 0 Å². The van der Waals surface area contributed by atoms with Gasteiger partial charge in [-0.3, -0.25) is 0 Å². The van der Waals surface area contributed by atoms with Crippen molar-refractivity contribution in [3.63, 3.8) is 0 Å². The molecule has 3 N–H and O–H groups in total. The smallest absolute Gasteiger partial charge is 0.0966 e. The van der Waals surface area contributed by atoms with Crippen LogP contribution in [-0.4, -0.2) is 10.6 Å². The summed E-state index contributed by atoms with van der Waals surface area (Å²) in [7, 11) is 0. The Bertz CT molecular complexity index is 364. The zero-order chi connectivity index (χ0) is 11.8. The first-order valence-electron chi connectivity index (χ1n) is 5.28. The minimum Gasteiger partial charge on any atom is -0.386 e. The molecule has 1 atom stereocenters. The molecule has 0 amide bonds. The molecule has 1 aromatic carbocycles. The van der Waals surface area contributed by atoms with Crippen molar-refractivity contribution in [3.05, 3.63) is 34.4 Å². The molecular formula is C13H21NO. The average Bonchev–Trinajstić information content (AvgIpc) is 2.12. The number of nitrogens with two attached hydrogens (primary N) is 1. The molecule has 0 radical (unpaired) electrons. The summed E-state index contributed by atoms with van der Waals surface area (Å²) >= 11 is 0. The number of hydrogen-bond acceptors (Lipinski definition) is 2. The van der Waals surface area contributed by atoms with Gasteiger partial charge in [0, 0.05) is 5.54 Å². The Balaban J connectivity index is 3.23. The van der Waals surface area contributed by atoms with Crippen LogP contribution >= 0.6 is 0 Å². The molecule has 0 aromatic heterocycles. The molecule has 0 fully saturated rings. The van der Waals surface area contributed by atoms with Crippen molar-refractivity contribution >= 4 is 0 Å². The van der Waals surface area contributed by atoms with E-state index in [1.165, 1.54) is 11.1 Å². The second-order valence-corrected chi connectivity index (χ2v) is 4.95. The molecule has 1 aromatic rings.